The van der Waals surface area contributed by atoms with Crippen LogP contribution in [0.2, 0.25) is 0 Å². The third kappa shape index (κ3) is 1.99. The summed E-state index contributed by atoms with van der Waals surface area (Å²) in [6.45, 7) is 1.73. The van der Waals surface area contributed by atoms with Gasteiger partial charge in [-0.05, 0) is 24.6 Å². The van der Waals surface area contributed by atoms with Gasteiger partial charge in [0.2, 0.25) is 0 Å². The number of H-pyrrole nitrogens is 1. The molecular weight excluding hydrogens is 277 g/mol. The third-order valence-electron chi connectivity index (χ3n) is 3.20. The van der Waals surface area contributed by atoms with Gasteiger partial charge in [0.1, 0.15) is 11.4 Å². The van der Waals surface area contributed by atoms with Crippen molar-refractivity contribution in [3.63, 3.8) is 0 Å². The lowest BCUT2D eigenvalue weighted by Gasteiger charge is -2.00. The first-order chi connectivity index (χ1) is 9.99. The summed E-state index contributed by atoms with van der Waals surface area (Å²) in [6.07, 6.45) is 1.03. The Morgan fingerprint density at radius 2 is 2.00 bits per heavy atom. The molecule has 0 fully saturated rings. The van der Waals surface area contributed by atoms with E-state index < -0.39 is 17.1 Å². The molecular formula is C14H10FN3O3. The first kappa shape index (κ1) is 13.0. The number of aromatic nitrogens is 3. The van der Waals surface area contributed by atoms with E-state index in [0.717, 1.165) is 10.7 Å². The lowest BCUT2D eigenvalue weighted by molar-refractivity contribution is 0.0694. The van der Waals surface area contributed by atoms with Gasteiger partial charge in [0.15, 0.2) is 5.65 Å². The summed E-state index contributed by atoms with van der Waals surface area (Å²) >= 11 is 0. The number of aryl methyl sites for hydroxylation is 1. The summed E-state index contributed by atoms with van der Waals surface area (Å²) < 4.78 is 14.1. The van der Waals surface area contributed by atoms with Crippen LogP contribution in [0.1, 0.15) is 16.1 Å². The van der Waals surface area contributed by atoms with Gasteiger partial charge in [-0.25, -0.2) is 18.7 Å². The van der Waals surface area contributed by atoms with Crippen molar-refractivity contribution in [2.45, 2.75) is 6.92 Å². The van der Waals surface area contributed by atoms with Crippen LogP contribution in [-0.2, 0) is 0 Å². The van der Waals surface area contributed by atoms with Crippen molar-refractivity contribution < 1.29 is 14.3 Å². The van der Waals surface area contributed by atoms with Crippen LogP contribution in [0.3, 0.4) is 0 Å². The predicted molar refractivity (Wildman–Crippen MR) is 72.9 cm³/mol. The van der Waals surface area contributed by atoms with E-state index in [1.807, 2.05) is 0 Å². The van der Waals surface area contributed by atoms with Crippen LogP contribution in [0.25, 0.3) is 16.8 Å². The molecule has 7 heteroatoms. The molecule has 0 atom stereocenters. The van der Waals surface area contributed by atoms with E-state index in [1.54, 1.807) is 19.1 Å². The zero-order valence-electron chi connectivity index (χ0n) is 10.9. The fourth-order valence-electron chi connectivity index (χ4n) is 2.24. The van der Waals surface area contributed by atoms with Gasteiger partial charge in [0, 0.05) is 17.5 Å². The molecule has 0 spiro atoms. The number of benzene rings is 1. The molecule has 0 bridgehead atoms. The quantitative estimate of drug-likeness (QED) is 0.752. The van der Waals surface area contributed by atoms with Gasteiger partial charge in [-0.2, -0.15) is 0 Å². The Hall–Kier alpha value is -2.96. The molecule has 6 nitrogen and oxygen atoms in total. The number of nitrogens with one attached hydrogen (secondary N) is 1. The first-order valence-corrected chi connectivity index (χ1v) is 6.08. The fourth-order valence-corrected chi connectivity index (χ4v) is 2.24. The predicted octanol–water partition coefficient (Wildman–Crippen LogP) is 1.84. The minimum Gasteiger partial charge on any atom is -0.477 e. The molecule has 3 rings (SSSR count). The Balaban J connectivity index is 2.33. The Kier molecular flexibility index (Phi) is 2.83. The second-order valence-electron chi connectivity index (χ2n) is 4.56. The highest BCUT2D eigenvalue weighted by Crippen LogP contribution is 2.26. The molecule has 0 saturated heterocycles. The number of nitrogens with zero attached hydrogens (tertiary/aromatic N) is 2. The van der Waals surface area contributed by atoms with Crippen molar-refractivity contribution in [1.82, 2.24) is 14.6 Å². The number of carbonyl (C=O) groups is 1. The molecule has 0 aliphatic heterocycles. The number of halogens is 1. The van der Waals surface area contributed by atoms with Crippen LogP contribution in [0.4, 0.5) is 4.39 Å². The SMILES string of the molecule is Cc1[nH]n2c(=O)c(C(=O)O)cnc2c1-c1ccc(F)cc1. The molecule has 0 unspecified atom stereocenters. The van der Waals surface area contributed by atoms with Crippen molar-refractivity contribution in [2.24, 2.45) is 0 Å². The topological polar surface area (TPSA) is 87.5 Å². The smallest absolute Gasteiger partial charge is 0.343 e. The van der Waals surface area contributed by atoms with E-state index in [9.17, 15) is 14.0 Å². The van der Waals surface area contributed by atoms with Gasteiger partial charge in [-0.15, -0.1) is 0 Å². The van der Waals surface area contributed by atoms with E-state index in [4.69, 9.17) is 5.11 Å². The summed E-state index contributed by atoms with van der Waals surface area (Å²) in [4.78, 5) is 27.1. The van der Waals surface area contributed by atoms with Crippen molar-refractivity contribution in [3.05, 3.63) is 57.9 Å². The van der Waals surface area contributed by atoms with E-state index in [0.29, 0.717) is 22.5 Å². The van der Waals surface area contributed by atoms with E-state index in [1.165, 1.54) is 12.1 Å². The molecule has 0 radical (unpaired) electrons. The van der Waals surface area contributed by atoms with Crippen molar-refractivity contribution in [2.75, 3.05) is 0 Å². The molecule has 0 aliphatic carbocycles. The number of carboxylic acids is 1. The number of hydrogen-bond acceptors (Lipinski definition) is 3. The Bertz CT molecular complexity index is 910. The number of rotatable bonds is 2. The standard InChI is InChI=1S/C14H10FN3O3/c1-7-11(8-2-4-9(15)5-3-8)12-16-6-10(14(20)21)13(19)18(12)17-7/h2-6,17H,1H3,(H,20,21). The highest BCUT2D eigenvalue weighted by atomic mass is 19.1. The number of hydrogen-bond donors (Lipinski definition) is 2. The highest BCUT2D eigenvalue weighted by molar-refractivity contribution is 5.88. The number of fused-ring (bicyclic) bond motifs is 1. The van der Waals surface area contributed by atoms with Crippen LogP contribution in [0.15, 0.2) is 35.3 Å². The maximum atomic E-state index is 13.0. The monoisotopic (exact) mass is 287 g/mol. The second-order valence-corrected chi connectivity index (χ2v) is 4.56. The molecule has 2 aromatic heterocycles. The fraction of sp³-hybridized carbons (Fsp3) is 0.0714. The van der Waals surface area contributed by atoms with E-state index in [2.05, 4.69) is 10.1 Å². The average molecular weight is 287 g/mol. The molecule has 0 saturated carbocycles. The van der Waals surface area contributed by atoms with Gasteiger partial charge in [-0.1, -0.05) is 12.1 Å². The lowest BCUT2D eigenvalue weighted by Crippen LogP contribution is -2.22. The Morgan fingerprint density at radius 3 is 2.62 bits per heavy atom. The van der Waals surface area contributed by atoms with E-state index >= 15 is 0 Å². The molecule has 0 aliphatic rings. The van der Waals surface area contributed by atoms with Crippen LogP contribution in [0, 0.1) is 12.7 Å². The van der Waals surface area contributed by atoms with Crippen molar-refractivity contribution >= 4 is 11.6 Å². The van der Waals surface area contributed by atoms with Crippen LogP contribution < -0.4 is 5.56 Å². The number of aromatic amines is 1. The van der Waals surface area contributed by atoms with Gasteiger partial charge in [0.05, 0.1) is 0 Å². The van der Waals surface area contributed by atoms with Crippen LogP contribution >= 0.6 is 0 Å². The lowest BCUT2D eigenvalue weighted by atomic mass is 10.1. The maximum absolute atomic E-state index is 13.0. The first-order valence-electron chi connectivity index (χ1n) is 6.08. The Labute approximate surface area is 117 Å². The van der Waals surface area contributed by atoms with Crippen LogP contribution in [0.5, 0.6) is 0 Å². The second kappa shape index (κ2) is 4.55. The normalized spacial score (nSPS) is 11.0. The van der Waals surface area contributed by atoms with E-state index in [-0.39, 0.29) is 5.82 Å². The molecule has 1 aromatic carbocycles. The summed E-state index contributed by atoms with van der Waals surface area (Å²) in [5, 5.41) is 11.7. The molecule has 3 aromatic rings. The van der Waals surface area contributed by atoms with Crippen LogP contribution in [-0.4, -0.2) is 25.7 Å². The number of carboxylic acid groups (broad SMARTS) is 1. The zero-order valence-corrected chi connectivity index (χ0v) is 10.9. The number of aromatic carboxylic acids is 1. The largest absolute Gasteiger partial charge is 0.477 e. The zero-order chi connectivity index (χ0) is 15.1. The summed E-state index contributed by atoms with van der Waals surface area (Å²) in [7, 11) is 0. The van der Waals surface area contributed by atoms with Gasteiger partial charge >= 0.3 is 5.97 Å². The molecule has 106 valence electrons. The van der Waals surface area contributed by atoms with Crippen molar-refractivity contribution in [1.29, 1.82) is 0 Å². The maximum Gasteiger partial charge on any atom is 0.343 e. The molecule has 2 heterocycles. The summed E-state index contributed by atoms with van der Waals surface area (Å²) in [5.74, 6) is -1.70. The minimum absolute atomic E-state index is 0.300. The van der Waals surface area contributed by atoms with Gasteiger partial charge < -0.3 is 5.11 Å². The molecule has 2 N–H and O–H groups in total. The summed E-state index contributed by atoms with van der Waals surface area (Å²) in [5.41, 5.74) is 1.14. The Morgan fingerprint density at radius 1 is 1.33 bits per heavy atom. The highest BCUT2D eigenvalue weighted by Gasteiger charge is 2.17. The third-order valence-corrected chi connectivity index (χ3v) is 3.20. The minimum atomic E-state index is -1.34. The van der Waals surface area contributed by atoms with Gasteiger partial charge in [-0.3, -0.25) is 9.89 Å². The van der Waals surface area contributed by atoms with Crippen molar-refractivity contribution in [3.8, 4) is 11.1 Å². The molecule has 21 heavy (non-hydrogen) atoms. The average Bonchev–Trinajstić information content (AvgIpc) is 2.77. The summed E-state index contributed by atoms with van der Waals surface area (Å²) in [6, 6.07) is 5.76. The molecule has 0 amide bonds. The van der Waals surface area contributed by atoms with Gasteiger partial charge in [0.25, 0.3) is 5.56 Å².